The van der Waals surface area contributed by atoms with Gasteiger partial charge in [0.05, 0.1) is 5.04 Å². The van der Waals surface area contributed by atoms with Gasteiger partial charge in [0.1, 0.15) is 11.5 Å². The normalized spacial score (nSPS) is 26.3. The highest BCUT2D eigenvalue weighted by atomic mass is 32.2. The van der Waals surface area contributed by atoms with Crippen LogP contribution in [0.1, 0.15) is 24.9 Å². The Balaban J connectivity index is 2.23. The quantitative estimate of drug-likeness (QED) is 0.808. The monoisotopic (exact) mass is 207 g/mol. The van der Waals surface area contributed by atoms with Crippen LogP contribution in [0, 0.1) is 0 Å². The number of thioether (sulfide) groups is 1. The van der Waals surface area contributed by atoms with Gasteiger partial charge in [0.2, 0.25) is 0 Å². The largest absolute Gasteiger partial charge is 0.379 e. The number of hydrogen-bond donors (Lipinski definition) is 1. The molecule has 3 heteroatoms. The molecule has 1 aromatic carbocycles. The molecule has 1 heterocycles. The summed E-state index contributed by atoms with van der Waals surface area (Å²) >= 11 is 1.47. The van der Waals surface area contributed by atoms with E-state index in [2.05, 4.69) is 11.9 Å². The molecule has 14 heavy (non-hydrogen) atoms. The summed E-state index contributed by atoms with van der Waals surface area (Å²) in [5, 5.41) is 10.8. The third-order valence-corrected chi connectivity index (χ3v) is 3.42. The number of hydrogen-bond acceptors (Lipinski definition) is 3. The first-order chi connectivity index (χ1) is 6.81. The van der Waals surface area contributed by atoms with E-state index in [4.69, 9.17) is 0 Å². The van der Waals surface area contributed by atoms with Gasteiger partial charge >= 0.3 is 0 Å². The Bertz CT molecular complexity index is 336. The Morgan fingerprint density at radius 2 is 2.07 bits per heavy atom. The second kappa shape index (κ2) is 4.15. The molecule has 0 radical (unpaired) electrons. The fraction of sp³-hybridized carbons (Fsp3) is 0.364. The second-order valence-corrected chi connectivity index (χ2v) is 4.43. The van der Waals surface area contributed by atoms with Crippen molar-refractivity contribution in [2.75, 3.05) is 0 Å². The molecule has 0 aromatic heterocycles. The maximum absolute atomic E-state index is 9.79. The summed E-state index contributed by atoms with van der Waals surface area (Å²) in [4.78, 5) is 4.49. The fourth-order valence-corrected chi connectivity index (χ4v) is 2.48. The highest BCUT2D eigenvalue weighted by molar-refractivity contribution is 8.14. The van der Waals surface area contributed by atoms with E-state index in [9.17, 15) is 5.11 Å². The number of benzene rings is 1. The lowest BCUT2D eigenvalue weighted by atomic mass is 10.1. The zero-order valence-electron chi connectivity index (χ0n) is 8.05. The van der Waals surface area contributed by atoms with E-state index in [1.165, 1.54) is 11.8 Å². The van der Waals surface area contributed by atoms with E-state index in [0.29, 0.717) is 0 Å². The first-order valence-corrected chi connectivity index (χ1v) is 5.65. The van der Waals surface area contributed by atoms with E-state index in [0.717, 1.165) is 17.0 Å². The van der Waals surface area contributed by atoms with Crippen LogP contribution in [0.4, 0.5) is 0 Å². The smallest absolute Gasteiger partial charge is 0.131 e. The molecular formula is C11H13NOS. The van der Waals surface area contributed by atoms with Crippen LogP contribution in [0.2, 0.25) is 0 Å². The predicted molar refractivity (Wildman–Crippen MR) is 60.5 cm³/mol. The maximum atomic E-state index is 9.79. The minimum absolute atomic E-state index is 0.0730. The van der Waals surface area contributed by atoms with Gasteiger partial charge in [-0.2, -0.15) is 0 Å². The minimum atomic E-state index is -0.410. The first-order valence-electron chi connectivity index (χ1n) is 4.77. The molecule has 0 bridgehead atoms. The number of aliphatic hydroxyl groups is 1. The summed E-state index contributed by atoms with van der Waals surface area (Å²) < 4.78 is 0. The van der Waals surface area contributed by atoms with Gasteiger partial charge in [0, 0.05) is 0 Å². The van der Waals surface area contributed by atoms with Crippen LogP contribution >= 0.6 is 11.8 Å². The van der Waals surface area contributed by atoms with Crippen molar-refractivity contribution in [3.8, 4) is 0 Å². The van der Waals surface area contributed by atoms with Crippen LogP contribution in [0.15, 0.2) is 35.3 Å². The number of nitrogens with zero attached hydrogens (tertiary/aromatic N) is 1. The average molecular weight is 207 g/mol. The first kappa shape index (κ1) is 9.74. The molecule has 74 valence electrons. The molecule has 1 aliphatic heterocycles. The molecule has 0 fully saturated rings. The fourth-order valence-electron chi connectivity index (χ4n) is 1.52. The van der Waals surface area contributed by atoms with Gasteiger partial charge in [-0.15, -0.1) is 0 Å². The molecule has 2 rings (SSSR count). The van der Waals surface area contributed by atoms with E-state index in [1.807, 2.05) is 30.3 Å². The lowest BCUT2D eigenvalue weighted by molar-refractivity contribution is 0.237. The van der Waals surface area contributed by atoms with Gasteiger partial charge in [-0.25, -0.2) is 0 Å². The third-order valence-electron chi connectivity index (χ3n) is 2.25. The zero-order chi connectivity index (χ0) is 9.97. The van der Waals surface area contributed by atoms with Gasteiger partial charge in [-0.1, -0.05) is 49.0 Å². The molecule has 2 unspecified atom stereocenters. The Labute approximate surface area is 88.1 Å². The van der Waals surface area contributed by atoms with Crippen LogP contribution in [0.3, 0.4) is 0 Å². The van der Waals surface area contributed by atoms with Crippen molar-refractivity contribution >= 4 is 16.8 Å². The van der Waals surface area contributed by atoms with Gasteiger partial charge in [0.25, 0.3) is 0 Å². The van der Waals surface area contributed by atoms with Gasteiger partial charge in [0.15, 0.2) is 0 Å². The highest BCUT2D eigenvalue weighted by Crippen LogP contribution is 2.36. The SMILES string of the molecule is CCC1=NC(c2ccccc2)C(O)S1. The number of aliphatic imine (C=N–C) groups is 1. The van der Waals surface area contributed by atoms with Crippen LogP contribution in [0.25, 0.3) is 0 Å². The summed E-state index contributed by atoms with van der Waals surface area (Å²) in [5.41, 5.74) is 0.684. The summed E-state index contributed by atoms with van der Waals surface area (Å²) in [7, 11) is 0. The van der Waals surface area contributed by atoms with E-state index in [-0.39, 0.29) is 6.04 Å². The molecule has 0 spiro atoms. The molecule has 0 saturated heterocycles. The zero-order valence-corrected chi connectivity index (χ0v) is 8.87. The topological polar surface area (TPSA) is 32.6 Å². The van der Waals surface area contributed by atoms with Crippen LogP contribution in [-0.4, -0.2) is 15.6 Å². The summed E-state index contributed by atoms with van der Waals surface area (Å²) in [5.74, 6) is 0. The Kier molecular flexibility index (Phi) is 2.89. The molecule has 1 N–H and O–H groups in total. The Morgan fingerprint density at radius 1 is 1.36 bits per heavy atom. The van der Waals surface area contributed by atoms with Crippen molar-refractivity contribution < 1.29 is 5.11 Å². The third kappa shape index (κ3) is 1.83. The number of rotatable bonds is 2. The molecule has 0 amide bonds. The summed E-state index contributed by atoms with van der Waals surface area (Å²) in [6, 6.07) is 9.88. The van der Waals surface area contributed by atoms with Gasteiger partial charge in [-0.05, 0) is 12.0 Å². The van der Waals surface area contributed by atoms with E-state index < -0.39 is 5.44 Å². The molecule has 2 atom stereocenters. The Morgan fingerprint density at radius 3 is 2.64 bits per heavy atom. The highest BCUT2D eigenvalue weighted by Gasteiger charge is 2.28. The molecule has 1 aromatic rings. The van der Waals surface area contributed by atoms with Crippen molar-refractivity contribution in [3.63, 3.8) is 0 Å². The lowest BCUT2D eigenvalue weighted by Crippen LogP contribution is -2.07. The second-order valence-electron chi connectivity index (χ2n) is 3.24. The van der Waals surface area contributed by atoms with Crippen molar-refractivity contribution in [3.05, 3.63) is 35.9 Å². The molecular weight excluding hydrogens is 194 g/mol. The van der Waals surface area contributed by atoms with E-state index in [1.54, 1.807) is 0 Å². The number of aliphatic hydroxyl groups excluding tert-OH is 1. The van der Waals surface area contributed by atoms with Gasteiger partial charge in [-0.3, -0.25) is 4.99 Å². The predicted octanol–water partition coefficient (Wildman–Crippen LogP) is 2.60. The van der Waals surface area contributed by atoms with Crippen LogP contribution in [0.5, 0.6) is 0 Å². The Hall–Kier alpha value is -0.800. The molecule has 1 aliphatic rings. The molecule has 2 nitrogen and oxygen atoms in total. The average Bonchev–Trinajstić information content (AvgIpc) is 2.61. The summed E-state index contributed by atoms with van der Waals surface area (Å²) in [6.07, 6.45) is 0.908. The molecule has 0 aliphatic carbocycles. The van der Waals surface area contributed by atoms with E-state index >= 15 is 0 Å². The standard InChI is InChI=1S/C11H13NOS/c1-2-9-12-10(11(13)14-9)8-6-4-3-5-7-8/h3-7,10-11,13H,2H2,1H3. The van der Waals surface area contributed by atoms with Crippen LogP contribution < -0.4 is 0 Å². The van der Waals surface area contributed by atoms with Gasteiger partial charge < -0.3 is 5.11 Å². The molecule has 0 saturated carbocycles. The van der Waals surface area contributed by atoms with Crippen LogP contribution in [-0.2, 0) is 0 Å². The van der Waals surface area contributed by atoms with Crippen molar-refractivity contribution in [2.24, 2.45) is 4.99 Å². The van der Waals surface area contributed by atoms with Crippen molar-refractivity contribution in [1.29, 1.82) is 0 Å². The summed E-state index contributed by atoms with van der Waals surface area (Å²) in [6.45, 7) is 2.06. The lowest BCUT2D eigenvalue weighted by Gasteiger charge is -2.10. The van der Waals surface area contributed by atoms with Crippen molar-refractivity contribution in [2.45, 2.75) is 24.8 Å². The van der Waals surface area contributed by atoms with Crippen molar-refractivity contribution in [1.82, 2.24) is 0 Å². The minimum Gasteiger partial charge on any atom is -0.379 e. The maximum Gasteiger partial charge on any atom is 0.131 e.